The van der Waals surface area contributed by atoms with E-state index < -0.39 is 0 Å². The fourth-order valence-corrected chi connectivity index (χ4v) is 3.46. The van der Waals surface area contributed by atoms with Crippen molar-refractivity contribution in [3.8, 4) is 11.4 Å². The second kappa shape index (κ2) is 6.94. The molecule has 0 bridgehead atoms. The molecule has 128 valence electrons. The summed E-state index contributed by atoms with van der Waals surface area (Å²) in [7, 11) is 1.70. The monoisotopic (exact) mass is 398 g/mol. The maximum Gasteiger partial charge on any atom is 0.158 e. The van der Waals surface area contributed by atoms with Crippen LogP contribution in [0.25, 0.3) is 5.69 Å². The van der Waals surface area contributed by atoms with E-state index in [0.717, 1.165) is 33.7 Å². The quantitative estimate of drug-likeness (QED) is 0.632. The van der Waals surface area contributed by atoms with E-state index in [-0.39, 0.29) is 6.23 Å². The average molecular weight is 399 g/mol. The topological polar surface area (TPSA) is 26.6 Å². The zero-order valence-electron chi connectivity index (χ0n) is 13.9. The van der Waals surface area contributed by atoms with Gasteiger partial charge in [0, 0.05) is 34.7 Å². The van der Waals surface area contributed by atoms with Crippen molar-refractivity contribution >= 4 is 21.6 Å². The van der Waals surface area contributed by atoms with E-state index >= 15 is 0 Å². The van der Waals surface area contributed by atoms with Crippen LogP contribution < -0.4 is 9.64 Å². The summed E-state index contributed by atoms with van der Waals surface area (Å²) in [5.74, 6) is 0.866. The largest absolute Gasteiger partial charge is 0.495 e. The summed E-state index contributed by atoms with van der Waals surface area (Å²) in [4.78, 5) is 2.25. The van der Waals surface area contributed by atoms with E-state index in [1.54, 1.807) is 7.11 Å². The minimum Gasteiger partial charge on any atom is -0.495 e. The van der Waals surface area contributed by atoms with E-state index in [1.165, 1.54) is 0 Å². The Morgan fingerprint density at radius 1 is 1.08 bits per heavy atom. The van der Waals surface area contributed by atoms with Gasteiger partial charge in [-0.1, -0.05) is 28.1 Å². The molecule has 1 fully saturated rings. The van der Waals surface area contributed by atoms with Crippen molar-refractivity contribution in [1.29, 1.82) is 0 Å². The van der Waals surface area contributed by atoms with Gasteiger partial charge in [-0.15, -0.1) is 0 Å². The molecule has 5 heteroatoms. The van der Waals surface area contributed by atoms with Gasteiger partial charge in [0.25, 0.3) is 0 Å². The third-order valence-corrected chi connectivity index (χ3v) is 4.94. The lowest BCUT2D eigenvalue weighted by Crippen LogP contribution is -2.23. The van der Waals surface area contributed by atoms with Crippen molar-refractivity contribution in [2.45, 2.75) is 6.23 Å². The average Bonchev–Trinajstić information content (AvgIpc) is 3.31. The maximum absolute atomic E-state index is 6.02. The van der Waals surface area contributed by atoms with Crippen molar-refractivity contribution in [1.82, 2.24) is 4.57 Å². The Balaban J connectivity index is 1.64. The highest BCUT2D eigenvalue weighted by Gasteiger charge is 2.29. The van der Waals surface area contributed by atoms with Gasteiger partial charge in [0.05, 0.1) is 19.4 Å². The van der Waals surface area contributed by atoms with Gasteiger partial charge < -0.3 is 18.9 Å². The summed E-state index contributed by atoms with van der Waals surface area (Å²) in [5.41, 5.74) is 3.31. The number of nitrogens with zero attached hydrogens (tertiary/aromatic N) is 2. The number of hydrogen-bond donors (Lipinski definition) is 0. The Labute approximate surface area is 155 Å². The fourth-order valence-electron chi connectivity index (χ4n) is 3.19. The van der Waals surface area contributed by atoms with Crippen molar-refractivity contribution < 1.29 is 9.47 Å². The number of benzene rings is 2. The van der Waals surface area contributed by atoms with Crippen LogP contribution in [-0.2, 0) is 4.74 Å². The Morgan fingerprint density at radius 3 is 2.68 bits per heavy atom. The molecule has 0 unspecified atom stereocenters. The van der Waals surface area contributed by atoms with Crippen molar-refractivity contribution in [2.24, 2.45) is 0 Å². The van der Waals surface area contributed by atoms with Crippen molar-refractivity contribution in [2.75, 3.05) is 25.2 Å². The standard InChI is InChI=1S/C20H19BrN2O2/c1-24-19-5-3-2-4-18(19)23-12-13-25-20(23)15-10-11-22(14-15)17-8-6-16(21)7-9-17/h2-11,14,20H,12-13H2,1H3/t20-/m0/s1. The van der Waals surface area contributed by atoms with Crippen LogP contribution in [0.4, 0.5) is 5.69 Å². The zero-order valence-corrected chi connectivity index (χ0v) is 15.5. The van der Waals surface area contributed by atoms with Crippen molar-refractivity contribution in [3.05, 3.63) is 77.0 Å². The van der Waals surface area contributed by atoms with Gasteiger partial charge >= 0.3 is 0 Å². The lowest BCUT2D eigenvalue weighted by Gasteiger charge is -2.26. The zero-order chi connectivity index (χ0) is 17.2. The summed E-state index contributed by atoms with van der Waals surface area (Å²) in [6.07, 6.45) is 4.09. The molecule has 0 radical (unpaired) electrons. The number of halogens is 1. The molecular formula is C20H19BrN2O2. The number of ether oxygens (including phenoxy) is 2. The highest BCUT2D eigenvalue weighted by Crippen LogP contribution is 2.37. The summed E-state index contributed by atoms with van der Waals surface area (Å²) in [6, 6.07) is 18.4. The molecule has 0 aliphatic carbocycles. The molecule has 1 aliphatic heterocycles. The fraction of sp³-hybridized carbons (Fsp3) is 0.200. The number of methoxy groups -OCH3 is 1. The SMILES string of the molecule is COc1ccccc1N1CCO[C@H]1c1ccn(-c2ccc(Br)cc2)c1. The van der Waals surface area contributed by atoms with Gasteiger partial charge in [-0.05, 0) is 42.5 Å². The van der Waals surface area contributed by atoms with Crippen LogP contribution in [0.1, 0.15) is 11.8 Å². The molecule has 0 N–H and O–H groups in total. The van der Waals surface area contributed by atoms with Crippen LogP contribution in [0, 0.1) is 0 Å². The number of rotatable bonds is 4. The van der Waals surface area contributed by atoms with Gasteiger partial charge in [0.2, 0.25) is 0 Å². The Morgan fingerprint density at radius 2 is 1.88 bits per heavy atom. The number of anilines is 1. The first-order valence-electron chi connectivity index (χ1n) is 8.21. The summed E-state index contributed by atoms with van der Waals surface area (Å²) in [5, 5.41) is 0. The molecular weight excluding hydrogens is 380 g/mol. The predicted molar refractivity (Wildman–Crippen MR) is 103 cm³/mol. The lowest BCUT2D eigenvalue weighted by molar-refractivity contribution is 0.113. The highest BCUT2D eigenvalue weighted by atomic mass is 79.9. The Bertz CT molecular complexity index is 860. The summed E-state index contributed by atoms with van der Waals surface area (Å²) < 4.78 is 14.7. The molecule has 1 saturated heterocycles. The smallest absolute Gasteiger partial charge is 0.158 e. The maximum atomic E-state index is 6.02. The van der Waals surface area contributed by atoms with E-state index in [0.29, 0.717) is 6.61 Å². The minimum atomic E-state index is -0.104. The van der Waals surface area contributed by atoms with Crippen LogP contribution in [-0.4, -0.2) is 24.8 Å². The molecule has 3 aromatic rings. The second-order valence-electron chi connectivity index (χ2n) is 5.92. The highest BCUT2D eigenvalue weighted by molar-refractivity contribution is 9.10. The van der Waals surface area contributed by atoms with Gasteiger partial charge in [0.15, 0.2) is 6.23 Å². The van der Waals surface area contributed by atoms with E-state index in [2.05, 4.69) is 62.1 Å². The molecule has 1 atom stereocenters. The third-order valence-electron chi connectivity index (χ3n) is 4.41. The van der Waals surface area contributed by atoms with E-state index in [4.69, 9.17) is 9.47 Å². The van der Waals surface area contributed by atoms with Crippen LogP contribution >= 0.6 is 15.9 Å². The van der Waals surface area contributed by atoms with Crippen LogP contribution in [0.3, 0.4) is 0 Å². The van der Waals surface area contributed by atoms with Crippen molar-refractivity contribution in [3.63, 3.8) is 0 Å². The lowest BCUT2D eigenvalue weighted by atomic mass is 10.2. The van der Waals surface area contributed by atoms with Crippen LogP contribution in [0.5, 0.6) is 5.75 Å². The molecule has 25 heavy (non-hydrogen) atoms. The molecule has 2 aromatic carbocycles. The number of para-hydroxylation sites is 2. The molecule has 0 spiro atoms. The first-order chi connectivity index (χ1) is 12.3. The normalized spacial score (nSPS) is 17.0. The van der Waals surface area contributed by atoms with E-state index in [1.807, 2.05) is 30.3 Å². The van der Waals surface area contributed by atoms with Gasteiger partial charge in [-0.3, -0.25) is 0 Å². The third kappa shape index (κ3) is 3.17. The first kappa shape index (κ1) is 16.2. The predicted octanol–water partition coefficient (Wildman–Crippen LogP) is 4.78. The molecule has 0 amide bonds. The first-order valence-corrected chi connectivity index (χ1v) is 9.00. The minimum absolute atomic E-state index is 0.104. The number of aromatic nitrogens is 1. The molecule has 2 heterocycles. The van der Waals surface area contributed by atoms with Crippen LogP contribution in [0.15, 0.2) is 71.5 Å². The molecule has 4 rings (SSSR count). The van der Waals surface area contributed by atoms with Gasteiger partial charge in [0.1, 0.15) is 5.75 Å². The van der Waals surface area contributed by atoms with E-state index in [9.17, 15) is 0 Å². The number of hydrogen-bond acceptors (Lipinski definition) is 3. The molecule has 4 nitrogen and oxygen atoms in total. The summed E-state index contributed by atoms with van der Waals surface area (Å²) >= 11 is 3.48. The molecule has 1 aliphatic rings. The van der Waals surface area contributed by atoms with Crippen LogP contribution in [0.2, 0.25) is 0 Å². The Kier molecular flexibility index (Phi) is 4.51. The summed E-state index contributed by atoms with van der Waals surface area (Å²) in [6.45, 7) is 1.54. The molecule has 1 aromatic heterocycles. The molecule has 0 saturated carbocycles. The second-order valence-corrected chi connectivity index (χ2v) is 6.83. The van der Waals surface area contributed by atoms with Gasteiger partial charge in [-0.2, -0.15) is 0 Å². The van der Waals surface area contributed by atoms with Gasteiger partial charge in [-0.25, -0.2) is 0 Å². The Hall–Kier alpha value is -2.24.